The number of furan rings is 1. The van der Waals surface area contributed by atoms with Crippen LogP contribution in [-0.2, 0) is 32.2 Å². The van der Waals surface area contributed by atoms with Crippen LogP contribution in [0.4, 0.5) is 5.69 Å². The Morgan fingerprint density at radius 1 is 0.440 bits per heavy atom. The van der Waals surface area contributed by atoms with Crippen molar-refractivity contribution in [1.82, 2.24) is 44.9 Å². The molecule has 0 unspecified atom stereocenters. The van der Waals surface area contributed by atoms with Gasteiger partial charge in [0.2, 0.25) is 11.6 Å². The zero-order valence-corrected chi connectivity index (χ0v) is 63.6. The zero-order chi connectivity index (χ0) is 73.6. The number of H-pyrrole nitrogens is 1. The molecule has 2 aliphatic heterocycles. The van der Waals surface area contributed by atoms with Crippen molar-refractivity contribution in [2.45, 2.75) is 163 Å². The number of benzene rings is 5. The van der Waals surface area contributed by atoms with Gasteiger partial charge in [0.05, 0.1) is 45.2 Å². The number of azo groups is 1. The van der Waals surface area contributed by atoms with Crippen molar-refractivity contribution in [3.05, 3.63) is 283 Å². The van der Waals surface area contributed by atoms with Crippen LogP contribution in [0.1, 0.15) is 165 Å². The molecule has 0 spiro atoms. The highest BCUT2D eigenvalue weighted by Crippen LogP contribution is 2.24. The van der Waals surface area contributed by atoms with Crippen LogP contribution < -0.4 is 4.74 Å². The number of hydrogen-bond acceptors (Lipinski definition) is 14. The van der Waals surface area contributed by atoms with Crippen molar-refractivity contribution in [3.8, 4) is 5.88 Å². The molecule has 0 atom stereocenters. The van der Waals surface area contributed by atoms with Gasteiger partial charge in [-0.25, -0.2) is 24.9 Å². The summed E-state index contributed by atoms with van der Waals surface area (Å²) in [7, 11) is 0. The van der Waals surface area contributed by atoms with Gasteiger partial charge in [0.1, 0.15) is 24.1 Å². The number of oxazole rings is 1. The van der Waals surface area contributed by atoms with E-state index in [0.717, 1.165) is 64.2 Å². The zero-order valence-electron chi connectivity index (χ0n) is 62.8. The molecule has 5 aromatic carbocycles. The number of nitrogens with one attached hydrogen (secondary N) is 1. The predicted octanol–water partition coefficient (Wildman–Crippen LogP) is 25.5. The van der Waals surface area contributed by atoms with Crippen molar-refractivity contribution < 1.29 is 13.6 Å². The lowest BCUT2D eigenvalue weighted by Gasteiger charge is -1.93. The van der Waals surface area contributed by atoms with Gasteiger partial charge in [-0.3, -0.25) is 15.0 Å². The molecular formula is C85H111N11O3S. The average molecular weight is 1370 g/mol. The van der Waals surface area contributed by atoms with Crippen LogP contribution in [0.25, 0.3) is 60.3 Å². The van der Waals surface area contributed by atoms with Gasteiger partial charge in [0, 0.05) is 65.8 Å². The summed E-state index contributed by atoms with van der Waals surface area (Å²) < 4.78 is 16.4. The number of nitrogens with zero attached hydrogens (tertiary/aromatic N) is 10. The molecule has 18 rings (SSSR count). The molecule has 0 saturated carbocycles. The Hall–Kier alpha value is -10.4. The molecule has 14 aromatic rings. The maximum atomic E-state index is 5.19. The second-order valence-corrected chi connectivity index (χ2v) is 19.2. The Kier molecular flexibility index (Phi) is 51.5. The minimum absolute atomic E-state index is 0.644. The van der Waals surface area contributed by atoms with E-state index in [1.54, 1.807) is 36.2 Å². The Morgan fingerprint density at radius 3 is 1.72 bits per heavy atom. The number of hydrogen-bond donors (Lipinski definition) is 1. The second-order valence-electron chi connectivity index (χ2n) is 18.3. The largest absolute Gasteiger partial charge is 0.477 e. The van der Waals surface area contributed by atoms with Crippen molar-refractivity contribution >= 4 is 77.3 Å². The highest BCUT2D eigenvalue weighted by Gasteiger charge is 2.11. The van der Waals surface area contributed by atoms with Gasteiger partial charge >= 0.3 is 0 Å². The first-order chi connectivity index (χ1) is 49.7. The van der Waals surface area contributed by atoms with E-state index in [4.69, 9.17) is 13.6 Å². The Balaban J connectivity index is 0.000000547. The number of para-hydroxylation sites is 5. The molecule has 100 heavy (non-hydrogen) atoms. The van der Waals surface area contributed by atoms with Gasteiger partial charge in [-0.2, -0.15) is 10.2 Å². The monoisotopic (exact) mass is 1370 g/mol. The first kappa shape index (κ1) is 87.6. The summed E-state index contributed by atoms with van der Waals surface area (Å²) in [5, 5.41) is 11.1. The van der Waals surface area contributed by atoms with Gasteiger partial charge in [-0.05, 0) is 127 Å². The molecule has 1 N–H and O–H groups in total. The van der Waals surface area contributed by atoms with Crippen LogP contribution in [-0.4, -0.2) is 51.5 Å². The van der Waals surface area contributed by atoms with Gasteiger partial charge < -0.3 is 18.6 Å². The standard InChI is InChI=1S/C9H7N.C9H8.C8H9N.C8H7N.C7H7NO.C7H5NO.C7H5NS.C6H5N3.C6H4N2O.9C2H6/c1-2-6-9-8(4-1)5-3-7-10-9;1-2-5-9-7-3-6-8(9)4-1;1-3-7-4-2-6-9-8(7)5-1;1-2-4-8-7(3-1)5-6-9-8;1-2-6-3-5-9-7(6)8-4-1;2*1-2-4-7-6(3-1)8-5-9-7;1-2-5-6(7-3-1)4-8-9-5;1-2-9-6-5(1)3-7-4-8-6;9*1-2/h1-7H;1-6H,7H2;2,4,6H,1,3,5H2;1-6,9H;1-2,4H,3,5H2;2*1-5H;1-3H,4H2;1-4H;9*1-2H3. The van der Waals surface area contributed by atoms with Crippen LogP contribution in [0.15, 0.2) is 269 Å². The number of allylic oxidation sites excluding steroid dienone is 1. The molecule has 0 fully saturated rings. The first-order valence-electron chi connectivity index (χ1n) is 35.8. The fourth-order valence-electron chi connectivity index (χ4n) is 8.72. The van der Waals surface area contributed by atoms with E-state index in [1.807, 2.05) is 258 Å². The summed E-state index contributed by atoms with van der Waals surface area (Å²) >= 11 is 1.68. The Labute approximate surface area is 601 Å². The summed E-state index contributed by atoms with van der Waals surface area (Å²) in [5.41, 5.74) is 16.4. The Bertz CT molecular complexity index is 3650. The third-order valence-corrected chi connectivity index (χ3v) is 13.6. The van der Waals surface area contributed by atoms with Crippen LogP contribution in [0.5, 0.6) is 5.88 Å². The van der Waals surface area contributed by atoms with Crippen molar-refractivity contribution in [2.24, 2.45) is 10.2 Å². The maximum Gasteiger partial charge on any atom is 0.228 e. The first-order valence-corrected chi connectivity index (χ1v) is 36.6. The molecule has 0 radical (unpaired) electrons. The lowest BCUT2D eigenvalue weighted by Crippen LogP contribution is -1.87. The number of ether oxygens (including phenoxy) is 1. The third-order valence-electron chi connectivity index (χ3n) is 12.8. The second kappa shape index (κ2) is 58.7. The third kappa shape index (κ3) is 31.9. The minimum atomic E-state index is 0.644. The highest BCUT2D eigenvalue weighted by molar-refractivity contribution is 7.16. The number of thiazole rings is 1. The molecule has 11 heterocycles. The van der Waals surface area contributed by atoms with Crippen LogP contribution in [0.3, 0.4) is 0 Å². The van der Waals surface area contributed by atoms with E-state index in [2.05, 4.69) is 140 Å². The topological polar surface area (TPSA) is 179 Å². The molecule has 14 nitrogen and oxygen atoms in total. The SMILES string of the molecule is C1=Cc2ccccc2C1.CC.CC.CC.CC.CC.CC.CC.CC.CC.c1ccc2[nH]ccc2c1.c1ccc2ncccc2c1.c1ccc2ocnc2c1.c1ccc2scnc2c1.c1cnc2c(c1)CCC2.c1cnc2c(c1)CCO2.c1cnc2c(c1)N=NC2.c1ncc2ccoc2n1. The van der Waals surface area contributed by atoms with Crippen LogP contribution in [0.2, 0.25) is 0 Å². The summed E-state index contributed by atoms with van der Waals surface area (Å²) in [6, 6.07) is 60.4. The molecule has 0 amide bonds. The lowest BCUT2D eigenvalue weighted by atomic mass is 10.1. The molecule has 2 aliphatic carbocycles. The Morgan fingerprint density at radius 2 is 1.04 bits per heavy atom. The maximum absolute atomic E-state index is 5.19. The number of fused-ring (bicyclic) bond motifs is 9. The van der Waals surface area contributed by atoms with Crippen molar-refractivity contribution in [1.29, 1.82) is 0 Å². The van der Waals surface area contributed by atoms with E-state index in [9.17, 15) is 0 Å². The number of aromatic amines is 1. The minimum Gasteiger partial charge on any atom is -0.477 e. The van der Waals surface area contributed by atoms with Crippen LogP contribution in [0, 0.1) is 0 Å². The van der Waals surface area contributed by atoms with E-state index >= 15 is 0 Å². The van der Waals surface area contributed by atoms with E-state index in [0.29, 0.717) is 12.3 Å². The molecule has 15 heteroatoms. The van der Waals surface area contributed by atoms with Crippen molar-refractivity contribution in [2.75, 3.05) is 6.61 Å². The summed E-state index contributed by atoms with van der Waals surface area (Å²) in [4.78, 5) is 35.4. The number of rotatable bonds is 0. The van der Waals surface area contributed by atoms with Crippen LogP contribution >= 0.6 is 11.3 Å². The molecule has 0 bridgehead atoms. The summed E-state index contributed by atoms with van der Waals surface area (Å²) in [6.07, 6.45) is 25.6. The lowest BCUT2D eigenvalue weighted by molar-refractivity contribution is 0.345. The highest BCUT2D eigenvalue weighted by atomic mass is 32.1. The number of aryl methyl sites for hydroxylation is 2. The fraction of sp³-hybridized carbons (Fsp3) is 0.294. The van der Waals surface area contributed by atoms with Gasteiger partial charge in [0.15, 0.2) is 12.0 Å². The normalized spacial score (nSPS) is 10.4. The van der Waals surface area contributed by atoms with E-state index in [1.165, 1.54) is 80.9 Å². The predicted molar refractivity (Wildman–Crippen MR) is 429 cm³/mol. The number of aromatic nitrogens is 9. The summed E-state index contributed by atoms with van der Waals surface area (Å²) in [6.45, 7) is 37.4. The summed E-state index contributed by atoms with van der Waals surface area (Å²) in [5.74, 6) is 0.817. The van der Waals surface area contributed by atoms with E-state index < -0.39 is 0 Å². The van der Waals surface area contributed by atoms with Gasteiger partial charge in [-0.1, -0.05) is 240 Å². The van der Waals surface area contributed by atoms with E-state index in [-0.39, 0.29) is 0 Å². The molecule has 530 valence electrons. The van der Waals surface area contributed by atoms with Gasteiger partial charge in [-0.15, -0.1) is 11.3 Å². The molecule has 9 aromatic heterocycles. The number of pyridine rings is 4. The van der Waals surface area contributed by atoms with Gasteiger partial charge in [0.25, 0.3) is 0 Å². The quantitative estimate of drug-likeness (QED) is 0.153. The molecule has 4 aliphatic rings. The van der Waals surface area contributed by atoms with Crippen molar-refractivity contribution in [3.63, 3.8) is 0 Å². The molecule has 0 saturated heterocycles. The average Bonchev–Trinajstić information content (AvgIpc) is 1.95. The fourth-order valence-corrected chi connectivity index (χ4v) is 9.40. The smallest absolute Gasteiger partial charge is 0.228 e. The molecular weight excluding hydrogens is 1260 g/mol.